The van der Waals surface area contributed by atoms with Gasteiger partial charge in [-0.25, -0.2) is 0 Å². The molecule has 0 radical (unpaired) electrons. The lowest BCUT2D eigenvalue weighted by molar-refractivity contribution is 0.0747. The Hall–Kier alpha value is -3.77. The lowest BCUT2D eigenvalue weighted by atomic mass is 10.1. The molecule has 34 heavy (non-hydrogen) atoms. The Morgan fingerprint density at radius 1 is 0.912 bits per heavy atom. The summed E-state index contributed by atoms with van der Waals surface area (Å²) in [6.07, 6.45) is 1.85. The lowest BCUT2D eigenvalue weighted by Crippen LogP contribution is -2.48. The summed E-state index contributed by atoms with van der Waals surface area (Å²) in [5.41, 5.74) is 4.19. The molecule has 1 aliphatic rings. The molecule has 1 aliphatic heterocycles. The number of anilines is 1. The van der Waals surface area contributed by atoms with Crippen molar-refractivity contribution < 1.29 is 9.90 Å². The minimum absolute atomic E-state index is 0.0279. The monoisotopic (exact) mass is 472 g/mol. The summed E-state index contributed by atoms with van der Waals surface area (Å²) in [5, 5.41) is 15.2. The van der Waals surface area contributed by atoms with Crippen molar-refractivity contribution in [3.05, 3.63) is 101 Å². The van der Waals surface area contributed by atoms with Crippen LogP contribution in [0.15, 0.2) is 85.1 Å². The van der Waals surface area contributed by atoms with Crippen molar-refractivity contribution >= 4 is 23.2 Å². The molecule has 4 aromatic rings. The van der Waals surface area contributed by atoms with Crippen molar-refractivity contribution in [1.82, 2.24) is 14.7 Å². The number of carbonyl (C=O) groups is 1. The number of hydrogen-bond donors (Lipinski definition) is 1. The third-order valence-electron chi connectivity index (χ3n) is 6.06. The maximum absolute atomic E-state index is 13.6. The number of carbonyl (C=O) groups excluding carboxylic acids is 1. The van der Waals surface area contributed by atoms with Crippen molar-refractivity contribution in [1.29, 1.82) is 0 Å². The zero-order valence-electron chi connectivity index (χ0n) is 18.6. The van der Waals surface area contributed by atoms with Crippen molar-refractivity contribution in [2.45, 2.75) is 6.54 Å². The van der Waals surface area contributed by atoms with E-state index in [1.807, 2.05) is 82.5 Å². The number of nitrogens with zero attached hydrogens (tertiary/aromatic N) is 4. The van der Waals surface area contributed by atoms with Crippen LogP contribution in [-0.4, -0.2) is 51.9 Å². The minimum Gasteiger partial charge on any atom is -0.508 e. The van der Waals surface area contributed by atoms with E-state index in [2.05, 4.69) is 4.90 Å². The van der Waals surface area contributed by atoms with Crippen molar-refractivity contribution in [2.75, 3.05) is 31.1 Å². The zero-order valence-corrected chi connectivity index (χ0v) is 19.4. The largest absolute Gasteiger partial charge is 0.508 e. The smallest absolute Gasteiger partial charge is 0.257 e. The molecule has 6 nitrogen and oxygen atoms in total. The van der Waals surface area contributed by atoms with E-state index in [0.717, 1.165) is 16.8 Å². The molecule has 7 heteroatoms. The highest BCUT2D eigenvalue weighted by Crippen LogP contribution is 2.27. The SMILES string of the molecule is O=C(c1cn(Cc2ccccc2)nc1-c1ccc(Cl)cc1)N1CCN(c2cccc(O)c2)CC1. The van der Waals surface area contributed by atoms with E-state index in [0.29, 0.717) is 49.0 Å². The predicted molar refractivity (Wildman–Crippen MR) is 134 cm³/mol. The van der Waals surface area contributed by atoms with Crippen LogP contribution in [0.4, 0.5) is 5.69 Å². The van der Waals surface area contributed by atoms with Crippen molar-refractivity contribution in [3.8, 4) is 17.0 Å². The quantitative estimate of drug-likeness (QED) is 0.448. The molecule has 5 rings (SSSR count). The highest BCUT2D eigenvalue weighted by atomic mass is 35.5. The average Bonchev–Trinajstić information content (AvgIpc) is 3.28. The van der Waals surface area contributed by atoms with Gasteiger partial charge >= 0.3 is 0 Å². The number of amides is 1. The van der Waals surface area contributed by atoms with Crippen LogP contribution in [0.25, 0.3) is 11.3 Å². The molecule has 0 saturated carbocycles. The molecule has 0 atom stereocenters. The molecule has 2 heterocycles. The van der Waals surface area contributed by atoms with Gasteiger partial charge in [0, 0.05) is 54.7 Å². The second-order valence-corrected chi connectivity index (χ2v) is 8.82. The number of phenols is 1. The van der Waals surface area contributed by atoms with Crippen LogP contribution < -0.4 is 4.90 Å². The van der Waals surface area contributed by atoms with Gasteiger partial charge in [0.05, 0.1) is 12.1 Å². The summed E-state index contributed by atoms with van der Waals surface area (Å²) in [6, 6.07) is 24.7. The fourth-order valence-electron chi connectivity index (χ4n) is 4.28. The Morgan fingerprint density at radius 3 is 2.35 bits per heavy atom. The van der Waals surface area contributed by atoms with Crippen LogP contribution in [0, 0.1) is 0 Å². The summed E-state index contributed by atoms with van der Waals surface area (Å²) in [4.78, 5) is 17.7. The first kappa shape index (κ1) is 22.0. The molecule has 0 unspecified atom stereocenters. The molecule has 1 amide bonds. The van der Waals surface area contributed by atoms with Gasteiger partial charge in [-0.1, -0.05) is 60.1 Å². The Morgan fingerprint density at radius 2 is 1.65 bits per heavy atom. The first-order valence-corrected chi connectivity index (χ1v) is 11.7. The number of benzene rings is 3. The van der Waals surface area contributed by atoms with Gasteiger partial charge in [0.2, 0.25) is 0 Å². The molecule has 1 N–H and O–H groups in total. The Bertz CT molecular complexity index is 1280. The topological polar surface area (TPSA) is 61.6 Å². The standard InChI is InChI=1S/C27H25ClN4O2/c28-22-11-9-21(10-12-22)26-25(19-32(29-26)18-20-5-2-1-3-6-20)27(34)31-15-13-30(14-16-31)23-7-4-8-24(33)17-23/h1-12,17,19,33H,13-16,18H2. The summed E-state index contributed by atoms with van der Waals surface area (Å²) >= 11 is 6.09. The maximum atomic E-state index is 13.6. The van der Waals surface area contributed by atoms with Gasteiger partial charge in [-0.2, -0.15) is 5.10 Å². The predicted octanol–water partition coefficient (Wildman–Crippen LogP) is 4.92. The fourth-order valence-corrected chi connectivity index (χ4v) is 4.40. The van der Waals surface area contributed by atoms with Crippen LogP contribution in [0.5, 0.6) is 5.75 Å². The molecular formula is C27H25ClN4O2. The number of rotatable bonds is 5. The lowest BCUT2D eigenvalue weighted by Gasteiger charge is -2.36. The second kappa shape index (κ2) is 9.61. The van der Waals surface area contributed by atoms with E-state index in [1.54, 1.807) is 12.1 Å². The van der Waals surface area contributed by atoms with Gasteiger partial charge in [0.25, 0.3) is 5.91 Å². The molecule has 3 aromatic carbocycles. The van der Waals surface area contributed by atoms with Crippen LogP contribution >= 0.6 is 11.6 Å². The molecule has 1 fully saturated rings. The number of piperazine rings is 1. The average molecular weight is 473 g/mol. The molecule has 1 aromatic heterocycles. The van der Waals surface area contributed by atoms with Crippen molar-refractivity contribution in [2.24, 2.45) is 0 Å². The Kier molecular flexibility index (Phi) is 6.23. The molecule has 0 spiro atoms. The van der Waals surface area contributed by atoms with Gasteiger partial charge in [-0.05, 0) is 29.8 Å². The van der Waals surface area contributed by atoms with E-state index in [9.17, 15) is 9.90 Å². The van der Waals surface area contributed by atoms with E-state index >= 15 is 0 Å². The number of hydrogen-bond acceptors (Lipinski definition) is 4. The van der Waals surface area contributed by atoms with E-state index in [1.165, 1.54) is 0 Å². The highest BCUT2D eigenvalue weighted by Gasteiger charge is 2.26. The van der Waals surface area contributed by atoms with Gasteiger partial charge < -0.3 is 14.9 Å². The molecule has 0 bridgehead atoms. The first-order valence-electron chi connectivity index (χ1n) is 11.3. The van der Waals surface area contributed by atoms with E-state index in [-0.39, 0.29) is 11.7 Å². The Labute approximate surface area is 203 Å². The number of halogens is 1. The highest BCUT2D eigenvalue weighted by molar-refractivity contribution is 6.30. The molecule has 1 saturated heterocycles. The second-order valence-electron chi connectivity index (χ2n) is 8.38. The summed E-state index contributed by atoms with van der Waals surface area (Å²) in [7, 11) is 0. The fraction of sp³-hybridized carbons (Fsp3) is 0.185. The van der Waals surface area contributed by atoms with Crippen LogP contribution in [0.3, 0.4) is 0 Å². The molecular weight excluding hydrogens is 448 g/mol. The zero-order chi connectivity index (χ0) is 23.5. The number of phenolic OH excluding ortho intramolecular Hbond substituents is 1. The van der Waals surface area contributed by atoms with Crippen LogP contribution in [-0.2, 0) is 6.54 Å². The van der Waals surface area contributed by atoms with Crippen molar-refractivity contribution in [3.63, 3.8) is 0 Å². The first-order chi connectivity index (χ1) is 16.6. The van der Waals surface area contributed by atoms with E-state index < -0.39 is 0 Å². The van der Waals surface area contributed by atoms with Crippen LogP contribution in [0.1, 0.15) is 15.9 Å². The number of aromatic nitrogens is 2. The summed E-state index contributed by atoms with van der Waals surface area (Å²) < 4.78 is 1.83. The third-order valence-corrected chi connectivity index (χ3v) is 6.31. The van der Waals surface area contributed by atoms with Gasteiger partial charge in [0.1, 0.15) is 11.4 Å². The normalized spacial score (nSPS) is 13.8. The van der Waals surface area contributed by atoms with E-state index in [4.69, 9.17) is 16.7 Å². The van der Waals surface area contributed by atoms with Gasteiger partial charge in [-0.3, -0.25) is 9.48 Å². The van der Waals surface area contributed by atoms with Gasteiger partial charge in [0.15, 0.2) is 0 Å². The van der Waals surface area contributed by atoms with Crippen LogP contribution in [0.2, 0.25) is 5.02 Å². The summed E-state index contributed by atoms with van der Waals surface area (Å²) in [6.45, 7) is 3.17. The molecule has 172 valence electrons. The minimum atomic E-state index is -0.0279. The maximum Gasteiger partial charge on any atom is 0.257 e. The summed E-state index contributed by atoms with van der Waals surface area (Å²) in [5.74, 6) is 0.217. The molecule has 0 aliphatic carbocycles. The number of aromatic hydroxyl groups is 1. The Balaban J connectivity index is 1.39. The third kappa shape index (κ3) is 4.77. The van der Waals surface area contributed by atoms with Gasteiger partial charge in [-0.15, -0.1) is 0 Å².